The van der Waals surface area contributed by atoms with Crippen molar-refractivity contribution in [2.24, 2.45) is 0 Å². The van der Waals surface area contributed by atoms with Crippen LogP contribution in [0.2, 0.25) is 0 Å². The molecule has 1 aliphatic rings. The predicted molar refractivity (Wildman–Crippen MR) is 117 cm³/mol. The number of fused-ring (bicyclic) bond motifs is 2. The molecule has 0 spiro atoms. The average molecular weight is 437 g/mol. The molecule has 4 rings (SSSR count). The van der Waals surface area contributed by atoms with Gasteiger partial charge in [-0.05, 0) is 61.9 Å². The fraction of sp³-hybridized carbons (Fsp3) is 0.167. The lowest BCUT2D eigenvalue weighted by atomic mass is 10.1. The highest BCUT2D eigenvalue weighted by Gasteiger charge is 2.31. The van der Waals surface area contributed by atoms with Crippen molar-refractivity contribution < 1.29 is 18.2 Å². The standard InChI is InChI=1S/C24H21FN2O3S/c1-15(2)26-23(28)17-9-12-22-20(13-17)27(14-16-7-10-18(25)11-8-16)24(29)19-5-3-4-6-21(19)31(22)30/h3-13,15H,14H2,1-2H3,(H,26,28). The zero-order valence-electron chi connectivity index (χ0n) is 17.1. The van der Waals surface area contributed by atoms with Crippen molar-refractivity contribution in [3.8, 4) is 0 Å². The quantitative estimate of drug-likeness (QED) is 0.664. The van der Waals surface area contributed by atoms with Crippen molar-refractivity contribution in [3.63, 3.8) is 0 Å². The number of benzene rings is 3. The van der Waals surface area contributed by atoms with Gasteiger partial charge in [-0.1, -0.05) is 24.3 Å². The van der Waals surface area contributed by atoms with Crippen LogP contribution in [0.5, 0.6) is 0 Å². The smallest absolute Gasteiger partial charge is 0.259 e. The Kier molecular flexibility index (Phi) is 5.69. The normalized spacial score (nSPS) is 15.3. The largest absolute Gasteiger partial charge is 0.350 e. The number of hydrogen-bond acceptors (Lipinski definition) is 3. The van der Waals surface area contributed by atoms with Gasteiger partial charge < -0.3 is 10.2 Å². The second-order valence-corrected chi connectivity index (χ2v) is 9.01. The van der Waals surface area contributed by atoms with Gasteiger partial charge in [-0.2, -0.15) is 0 Å². The van der Waals surface area contributed by atoms with Gasteiger partial charge in [-0.25, -0.2) is 8.60 Å². The number of carbonyl (C=O) groups excluding carboxylic acids is 2. The third-order valence-electron chi connectivity index (χ3n) is 4.95. The summed E-state index contributed by atoms with van der Waals surface area (Å²) in [4.78, 5) is 28.4. The minimum absolute atomic E-state index is 0.0540. The number of amides is 2. The first kappa shape index (κ1) is 20.9. The summed E-state index contributed by atoms with van der Waals surface area (Å²) in [6.45, 7) is 3.86. The van der Waals surface area contributed by atoms with Crippen LogP contribution in [-0.2, 0) is 17.3 Å². The van der Waals surface area contributed by atoms with Gasteiger partial charge in [0.15, 0.2) is 0 Å². The number of nitrogens with one attached hydrogen (secondary N) is 1. The molecule has 31 heavy (non-hydrogen) atoms. The second kappa shape index (κ2) is 8.43. The summed E-state index contributed by atoms with van der Waals surface area (Å²) in [6, 6.07) is 17.4. The molecule has 0 aliphatic carbocycles. The molecule has 158 valence electrons. The van der Waals surface area contributed by atoms with E-state index in [1.165, 1.54) is 17.0 Å². The first-order valence-corrected chi connectivity index (χ1v) is 11.0. The molecule has 0 bridgehead atoms. The van der Waals surface area contributed by atoms with E-state index in [-0.39, 0.29) is 30.2 Å². The third kappa shape index (κ3) is 4.14. The lowest BCUT2D eigenvalue weighted by Crippen LogP contribution is -2.32. The second-order valence-electron chi connectivity index (χ2n) is 7.59. The molecule has 1 heterocycles. The van der Waals surface area contributed by atoms with E-state index in [2.05, 4.69) is 5.32 Å². The van der Waals surface area contributed by atoms with Gasteiger partial charge in [0.25, 0.3) is 11.8 Å². The van der Waals surface area contributed by atoms with Crippen LogP contribution in [0.15, 0.2) is 76.5 Å². The molecule has 0 saturated carbocycles. The predicted octanol–water partition coefficient (Wildman–Crippen LogP) is 4.29. The zero-order valence-corrected chi connectivity index (χ0v) is 17.9. The highest BCUT2D eigenvalue weighted by molar-refractivity contribution is 7.85. The van der Waals surface area contributed by atoms with Crippen molar-refractivity contribution in [1.82, 2.24) is 5.32 Å². The topological polar surface area (TPSA) is 66.5 Å². The summed E-state index contributed by atoms with van der Waals surface area (Å²) in [5.41, 5.74) is 1.82. The highest BCUT2D eigenvalue weighted by Crippen LogP contribution is 2.36. The van der Waals surface area contributed by atoms with Gasteiger partial charge in [-0.15, -0.1) is 0 Å². The van der Waals surface area contributed by atoms with E-state index >= 15 is 0 Å². The number of rotatable bonds is 4. The number of carbonyl (C=O) groups is 2. The van der Waals surface area contributed by atoms with E-state index in [9.17, 15) is 18.2 Å². The van der Waals surface area contributed by atoms with Crippen molar-refractivity contribution >= 4 is 28.3 Å². The maximum absolute atomic E-state index is 13.5. The molecule has 7 heteroatoms. The van der Waals surface area contributed by atoms with Gasteiger partial charge in [0.05, 0.1) is 38.4 Å². The molecular formula is C24H21FN2O3S. The van der Waals surface area contributed by atoms with Crippen molar-refractivity contribution in [2.75, 3.05) is 4.90 Å². The number of hydrogen-bond donors (Lipinski definition) is 1. The molecule has 0 fully saturated rings. The van der Waals surface area contributed by atoms with E-state index in [4.69, 9.17) is 0 Å². The van der Waals surface area contributed by atoms with E-state index in [1.54, 1.807) is 54.6 Å². The minimum atomic E-state index is -1.60. The Hall–Kier alpha value is -3.32. The zero-order chi connectivity index (χ0) is 22.1. The van der Waals surface area contributed by atoms with Crippen LogP contribution in [0.1, 0.15) is 40.1 Å². The van der Waals surface area contributed by atoms with Crippen molar-refractivity contribution in [3.05, 3.63) is 89.2 Å². The number of halogens is 1. The summed E-state index contributed by atoms with van der Waals surface area (Å²) < 4.78 is 26.7. The molecule has 1 unspecified atom stereocenters. The first-order valence-electron chi connectivity index (χ1n) is 9.87. The molecule has 0 saturated heterocycles. The lowest BCUT2D eigenvalue weighted by Gasteiger charge is -2.24. The SMILES string of the molecule is CC(C)NC(=O)c1ccc2c(c1)N(Cc1ccc(F)cc1)C(=O)c1ccccc1S2=O. The molecule has 5 nitrogen and oxygen atoms in total. The monoisotopic (exact) mass is 436 g/mol. The molecule has 1 N–H and O–H groups in total. The van der Waals surface area contributed by atoms with Crippen LogP contribution < -0.4 is 10.2 Å². The summed E-state index contributed by atoms with van der Waals surface area (Å²) in [7, 11) is -1.60. The molecule has 2 amide bonds. The summed E-state index contributed by atoms with van der Waals surface area (Å²) in [5.74, 6) is -0.974. The average Bonchev–Trinajstić information content (AvgIpc) is 2.84. The Morgan fingerprint density at radius 1 is 1.03 bits per heavy atom. The third-order valence-corrected chi connectivity index (χ3v) is 6.45. The van der Waals surface area contributed by atoms with Crippen LogP contribution in [0.4, 0.5) is 10.1 Å². The summed E-state index contributed by atoms with van der Waals surface area (Å²) in [6.07, 6.45) is 0. The summed E-state index contributed by atoms with van der Waals surface area (Å²) in [5, 5.41) is 2.83. The molecule has 0 radical (unpaired) electrons. The van der Waals surface area contributed by atoms with E-state index < -0.39 is 10.8 Å². The minimum Gasteiger partial charge on any atom is -0.350 e. The van der Waals surface area contributed by atoms with Gasteiger partial charge in [0, 0.05) is 11.6 Å². The Balaban J connectivity index is 1.86. The van der Waals surface area contributed by atoms with Crippen LogP contribution in [-0.4, -0.2) is 22.1 Å². The van der Waals surface area contributed by atoms with Crippen LogP contribution in [0.3, 0.4) is 0 Å². The number of nitrogens with zero attached hydrogens (tertiary/aromatic N) is 1. The molecule has 1 atom stereocenters. The number of anilines is 1. The molecule has 3 aromatic carbocycles. The van der Waals surface area contributed by atoms with Gasteiger partial charge in [-0.3, -0.25) is 9.59 Å². The van der Waals surface area contributed by atoms with E-state index in [1.807, 2.05) is 13.8 Å². The Bertz CT molecular complexity index is 1190. The molecule has 1 aliphatic heterocycles. The lowest BCUT2D eigenvalue weighted by molar-refractivity contribution is 0.0940. The van der Waals surface area contributed by atoms with E-state index in [0.29, 0.717) is 32.2 Å². The maximum Gasteiger partial charge on any atom is 0.259 e. The Labute approximate surface area is 182 Å². The molecule has 3 aromatic rings. The molecule has 0 aromatic heterocycles. The fourth-order valence-electron chi connectivity index (χ4n) is 3.48. The van der Waals surface area contributed by atoms with Crippen molar-refractivity contribution in [1.29, 1.82) is 0 Å². The van der Waals surface area contributed by atoms with Gasteiger partial charge in [0.2, 0.25) is 0 Å². The first-order chi connectivity index (χ1) is 14.8. The maximum atomic E-state index is 13.5. The van der Waals surface area contributed by atoms with Crippen LogP contribution in [0, 0.1) is 5.82 Å². The Morgan fingerprint density at radius 3 is 2.45 bits per heavy atom. The van der Waals surface area contributed by atoms with Crippen molar-refractivity contribution in [2.45, 2.75) is 36.2 Å². The van der Waals surface area contributed by atoms with Crippen LogP contribution in [0.25, 0.3) is 0 Å². The summed E-state index contributed by atoms with van der Waals surface area (Å²) >= 11 is 0. The van der Waals surface area contributed by atoms with Gasteiger partial charge in [0.1, 0.15) is 5.82 Å². The van der Waals surface area contributed by atoms with Gasteiger partial charge >= 0.3 is 0 Å². The van der Waals surface area contributed by atoms with Crippen LogP contribution >= 0.6 is 0 Å². The van der Waals surface area contributed by atoms with E-state index in [0.717, 1.165) is 0 Å². The Morgan fingerprint density at radius 2 is 1.74 bits per heavy atom. The highest BCUT2D eigenvalue weighted by atomic mass is 32.2. The fourth-order valence-corrected chi connectivity index (χ4v) is 4.82. The molecular weight excluding hydrogens is 415 g/mol.